The van der Waals surface area contributed by atoms with Crippen molar-refractivity contribution in [2.75, 3.05) is 0 Å². The van der Waals surface area contributed by atoms with Crippen molar-refractivity contribution < 1.29 is 0 Å². The number of nitrogens with zero attached hydrogens (tertiary/aromatic N) is 3. The average Bonchev–Trinajstić information content (AvgIpc) is 3.16. The van der Waals surface area contributed by atoms with Gasteiger partial charge in [0.05, 0.1) is 11.7 Å². The largest absolute Gasteiger partial charge is 0.304 e. The van der Waals surface area contributed by atoms with E-state index in [1.807, 2.05) is 12.4 Å². The molecule has 0 amide bonds. The lowest BCUT2D eigenvalue weighted by molar-refractivity contribution is 0.458. The van der Waals surface area contributed by atoms with Crippen LogP contribution in [0.4, 0.5) is 0 Å². The summed E-state index contributed by atoms with van der Waals surface area (Å²) < 4.78 is 2.15. The molecule has 1 aliphatic rings. The molecule has 1 saturated carbocycles. The fourth-order valence-electron chi connectivity index (χ4n) is 2.87. The van der Waals surface area contributed by atoms with Gasteiger partial charge in [0, 0.05) is 31.2 Å². The summed E-state index contributed by atoms with van der Waals surface area (Å²) in [7, 11) is 0. The first-order valence-electron chi connectivity index (χ1n) is 7.50. The molecule has 20 heavy (non-hydrogen) atoms. The molecule has 1 fully saturated rings. The van der Waals surface area contributed by atoms with Gasteiger partial charge in [-0.25, -0.2) is 0 Å². The number of rotatable bonds is 5. The third-order valence-corrected chi connectivity index (χ3v) is 4.16. The van der Waals surface area contributed by atoms with E-state index >= 15 is 0 Å². The fraction of sp³-hybridized carbons (Fsp3) is 0.500. The molecule has 106 valence electrons. The van der Waals surface area contributed by atoms with Crippen LogP contribution in [0.5, 0.6) is 0 Å². The van der Waals surface area contributed by atoms with Gasteiger partial charge in [-0.15, -0.1) is 0 Å². The second-order valence-electron chi connectivity index (χ2n) is 5.61. The van der Waals surface area contributed by atoms with Gasteiger partial charge in [-0.05, 0) is 43.5 Å². The Morgan fingerprint density at radius 1 is 1.25 bits per heavy atom. The van der Waals surface area contributed by atoms with Crippen LogP contribution in [0, 0.1) is 0 Å². The Hall–Kier alpha value is -1.68. The zero-order chi connectivity index (χ0) is 13.8. The molecule has 0 aromatic carbocycles. The van der Waals surface area contributed by atoms with Gasteiger partial charge in [-0.1, -0.05) is 12.8 Å². The van der Waals surface area contributed by atoms with Crippen LogP contribution in [0.1, 0.15) is 55.9 Å². The van der Waals surface area contributed by atoms with Gasteiger partial charge in [-0.3, -0.25) is 9.67 Å². The molecule has 2 aromatic heterocycles. The van der Waals surface area contributed by atoms with Gasteiger partial charge >= 0.3 is 0 Å². The zero-order valence-corrected chi connectivity index (χ0v) is 12.0. The highest BCUT2D eigenvalue weighted by molar-refractivity contribution is 5.14. The number of hydrogen-bond donors (Lipinski definition) is 1. The minimum absolute atomic E-state index is 0.314. The van der Waals surface area contributed by atoms with Gasteiger partial charge in [0.1, 0.15) is 0 Å². The van der Waals surface area contributed by atoms with E-state index in [9.17, 15) is 0 Å². The van der Waals surface area contributed by atoms with Crippen molar-refractivity contribution in [1.82, 2.24) is 20.1 Å². The molecule has 0 unspecified atom stereocenters. The molecule has 0 saturated heterocycles. The molecule has 0 bridgehead atoms. The van der Waals surface area contributed by atoms with Gasteiger partial charge in [0.15, 0.2) is 0 Å². The van der Waals surface area contributed by atoms with E-state index < -0.39 is 0 Å². The minimum Gasteiger partial charge on any atom is -0.304 e. The first kappa shape index (κ1) is 13.3. The zero-order valence-electron chi connectivity index (χ0n) is 12.0. The van der Waals surface area contributed by atoms with Crippen LogP contribution in [0.3, 0.4) is 0 Å². The molecule has 1 aliphatic carbocycles. The Morgan fingerprint density at radius 2 is 2.00 bits per heavy atom. The molecule has 1 atom stereocenters. The lowest BCUT2D eigenvalue weighted by Gasteiger charge is -2.13. The molecule has 4 heteroatoms. The Morgan fingerprint density at radius 3 is 2.75 bits per heavy atom. The van der Waals surface area contributed by atoms with Gasteiger partial charge in [-0.2, -0.15) is 5.10 Å². The smallest absolute Gasteiger partial charge is 0.0762 e. The third-order valence-electron chi connectivity index (χ3n) is 4.16. The van der Waals surface area contributed by atoms with Crippen molar-refractivity contribution in [3.63, 3.8) is 0 Å². The fourth-order valence-corrected chi connectivity index (χ4v) is 2.87. The van der Waals surface area contributed by atoms with Gasteiger partial charge in [0.25, 0.3) is 0 Å². The molecule has 0 aliphatic heterocycles. The number of hydrogen-bond acceptors (Lipinski definition) is 3. The predicted molar refractivity (Wildman–Crippen MR) is 79.2 cm³/mol. The number of nitrogens with one attached hydrogen (secondary N) is 1. The van der Waals surface area contributed by atoms with Crippen LogP contribution in [0.2, 0.25) is 0 Å². The van der Waals surface area contributed by atoms with Crippen molar-refractivity contribution in [3.05, 3.63) is 48.0 Å². The van der Waals surface area contributed by atoms with E-state index in [1.165, 1.54) is 31.2 Å². The highest BCUT2D eigenvalue weighted by Gasteiger charge is 2.17. The molecule has 1 N–H and O–H groups in total. The molecule has 0 radical (unpaired) electrons. The summed E-state index contributed by atoms with van der Waals surface area (Å²) in [6.45, 7) is 2.98. The molecule has 4 nitrogen and oxygen atoms in total. The quantitative estimate of drug-likeness (QED) is 0.907. The van der Waals surface area contributed by atoms with Gasteiger partial charge < -0.3 is 5.32 Å². The first-order chi connectivity index (χ1) is 9.83. The van der Waals surface area contributed by atoms with E-state index in [0.29, 0.717) is 12.1 Å². The molecule has 2 aromatic rings. The Kier molecular flexibility index (Phi) is 4.11. The molecular formula is C16H22N4. The van der Waals surface area contributed by atoms with E-state index in [0.717, 1.165) is 12.2 Å². The monoisotopic (exact) mass is 270 g/mol. The second-order valence-corrected chi connectivity index (χ2v) is 5.61. The van der Waals surface area contributed by atoms with Crippen LogP contribution < -0.4 is 5.32 Å². The average molecular weight is 270 g/mol. The first-order valence-corrected chi connectivity index (χ1v) is 7.50. The minimum atomic E-state index is 0.314. The Labute approximate surface area is 120 Å². The van der Waals surface area contributed by atoms with Crippen molar-refractivity contribution in [3.8, 4) is 0 Å². The molecule has 0 spiro atoms. The second kappa shape index (κ2) is 6.18. The Balaban J connectivity index is 1.56. The summed E-state index contributed by atoms with van der Waals surface area (Å²) in [6, 6.07) is 7.17. The van der Waals surface area contributed by atoms with Gasteiger partial charge in [0.2, 0.25) is 0 Å². The highest BCUT2D eigenvalue weighted by atomic mass is 15.3. The van der Waals surface area contributed by atoms with Crippen LogP contribution in [0.15, 0.2) is 36.8 Å². The van der Waals surface area contributed by atoms with Crippen LogP contribution in [0.25, 0.3) is 0 Å². The van der Waals surface area contributed by atoms with E-state index in [1.54, 1.807) is 0 Å². The van der Waals surface area contributed by atoms with E-state index in [-0.39, 0.29) is 0 Å². The predicted octanol–water partition coefficient (Wildman–Crippen LogP) is 3.24. The summed E-state index contributed by atoms with van der Waals surface area (Å²) in [5.74, 6) is 0. The van der Waals surface area contributed by atoms with Crippen LogP contribution >= 0.6 is 0 Å². The third kappa shape index (κ3) is 3.07. The normalized spacial score (nSPS) is 17.4. The van der Waals surface area contributed by atoms with Crippen molar-refractivity contribution in [1.29, 1.82) is 0 Å². The Bertz CT molecular complexity index is 528. The summed E-state index contributed by atoms with van der Waals surface area (Å²) in [6.07, 6.45) is 11.0. The number of pyridine rings is 1. The summed E-state index contributed by atoms with van der Waals surface area (Å²) in [4.78, 5) is 4.05. The summed E-state index contributed by atoms with van der Waals surface area (Å²) in [5.41, 5.74) is 2.38. The van der Waals surface area contributed by atoms with Crippen LogP contribution in [-0.2, 0) is 6.54 Å². The SMILES string of the molecule is C[C@H](NCc1ccn(C2CCCC2)n1)c1ccncc1. The summed E-state index contributed by atoms with van der Waals surface area (Å²) in [5, 5.41) is 8.22. The van der Waals surface area contributed by atoms with Crippen molar-refractivity contribution >= 4 is 0 Å². The van der Waals surface area contributed by atoms with Crippen LogP contribution in [-0.4, -0.2) is 14.8 Å². The lowest BCUT2D eigenvalue weighted by atomic mass is 10.1. The maximum absolute atomic E-state index is 4.70. The van der Waals surface area contributed by atoms with Crippen molar-refractivity contribution in [2.45, 2.75) is 51.2 Å². The summed E-state index contributed by atoms with van der Waals surface area (Å²) >= 11 is 0. The maximum atomic E-state index is 4.70. The molecule has 2 heterocycles. The van der Waals surface area contributed by atoms with Crippen molar-refractivity contribution in [2.24, 2.45) is 0 Å². The lowest BCUT2D eigenvalue weighted by Crippen LogP contribution is -2.18. The maximum Gasteiger partial charge on any atom is 0.0762 e. The molecular weight excluding hydrogens is 248 g/mol. The van der Waals surface area contributed by atoms with E-state index in [2.05, 4.69) is 46.3 Å². The topological polar surface area (TPSA) is 42.7 Å². The standard InChI is InChI=1S/C16H22N4/c1-13(14-6-9-17-10-7-14)18-12-15-8-11-20(19-15)16-4-2-3-5-16/h6-11,13,16,18H,2-5,12H2,1H3/t13-/m0/s1. The number of aromatic nitrogens is 3. The highest BCUT2D eigenvalue weighted by Crippen LogP contribution is 2.28. The molecule has 3 rings (SSSR count). The van der Waals surface area contributed by atoms with E-state index in [4.69, 9.17) is 5.10 Å².